The molecule has 19 heavy (non-hydrogen) atoms. The van der Waals surface area contributed by atoms with E-state index in [0.717, 1.165) is 18.6 Å². The lowest BCUT2D eigenvalue weighted by Crippen LogP contribution is -2.03. The Kier molecular flexibility index (Phi) is 3.53. The minimum Gasteiger partial charge on any atom is -0.420 e. The van der Waals surface area contributed by atoms with Gasteiger partial charge in [-0.2, -0.15) is 0 Å². The second-order valence-electron chi connectivity index (χ2n) is 4.81. The summed E-state index contributed by atoms with van der Waals surface area (Å²) in [6, 6.07) is 9.70. The van der Waals surface area contributed by atoms with E-state index in [1.807, 2.05) is 30.3 Å². The normalized spacial score (nSPS) is 24.5. The van der Waals surface area contributed by atoms with E-state index >= 15 is 0 Å². The lowest BCUT2D eigenvalue weighted by atomic mass is 10.0. The number of alkyl halides is 1. The highest BCUT2D eigenvalue weighted by atomic mass is 35.5. The van der Waals surface area contributed by atoms with Gasteiger partial charge < -0.3 is 9.15 Å². The van der Waals surface area contributed by atoms with Gasteiger partial charge in [0.05, 0.1) is 0 Å². The Hall–Kier alpha value is -1.39. The summed E-state index contributed by atoms with van der Waals surface area (Å²) in [6.45, 7) is 2.86. The van der Waals surface area contributed by atoms with Gasteiger partial charge in [-0.3, -0.25) is 0 Å². The van der Waals surface area contributed by atoms with Crippen molar-refractivity contribution in [3.05, 3.63) is 47.7 Å². The Labute approximate surface area is 116 Å². The van der Waals surface area contributed by atoms with Gasteiger partial charge >= 0.3 is 0 Å². The predicted molar refractivity (Wildman–Crippen MR) is 70.9 cm³/mol. The van der Waals surface area contributed by atoms with Crippen LogP contribution >= 0.6 is 11.6 Å². The standard InChI is InChI=1S/C14H15ClN2O2/c1-9-7-8-18-12(9)14-17-16-13(19-14)11(15)10-5-3-2-4-6-10/h2-6,9,11-12H,7-8H2,1H3. The SMILES string of the molecule is CC1CCOC1c1nnc(C(Cl)c2ccccc2)o1. The summed E-state index contributed by atoms with van der Waals surface area (Å²) >= 11 is 6.35. The molecule has 3 atom stereocenters. The van der Waals surface area contributed by atoms with Crippen LogP contribution < -0.4 is 0 Å². The average molecular weight is 279 g/mol. The average Bonchev–Trinajstić information content (AvgIpc) is 3.07. The second-order valence-corrected chi connectivity index (χ2v) is 5.25. The number of ether oxygens (including phenoxy) is 1. The number of hydrogen-bond donors (Lipinski definition) is 0. The Bertz CT molecular complexity index is 543. The van der Waals surface area contributed by atoms with Crippen molar-refractivity contribution < 1.29 is 9.15 Å². The zero-order valence-electron chi connectivity index (χ0n) is 10.6. The fraction of sp³-hybridized carbons (Fsp3) is 0.429. The first kappa shape index (κ1) is 12.6. The molecule has 100 valence electrons. The summed E-state index contributed by atoms with van der Waals surface area (Å²) < 4.78 is 11.3. The Morgan fingerprint density at radius 2 is 2.05 bits per heavy atom. The van der Waals surface area contributed by atoms with E-state index in [1.54, 1.807) is 0 Å². The van der Waals surface area contributed by atoms with Gasteiger partial charge in [0, 0.05) is 6.61 Å². The smallest absolute Gasteiger partial charge is 0.245 e. The molecule has 1 fully saturated rings. The molecule has 0 N–H and O–H groups in total. The number of halogens is 1. The van der Waals surface area contributed by atoms with Crippen LogP contribution in [0.4, 0.5) is 0 Å². The molecule has 1 aromatic heterocycles. The fourth-order valence-corrected chi connectivity index (χ4v) is 2.47. The quantitative estimate of drug-likeness (QED) is 0.806. The second kappa shape index (κ2) is 5.31. The summed E-state index contributed by atoms with van der Waals surface area (Å²) in [5, 5.41) is 7.69. The summed E-state index contributed by atoms with van der Waals surface area (Å²) in [7, 11) is 0. The Morgan fingerprint density at radius 3 is 2.74 bits per heavy atom. The van der Waals surface area contributed by atoms with Gasteiger partial charge in [0.25, 0.3) is 0 Å². The molecule has 1 aliphatic rings. The van der Waals surface area contributed by atoms with Crippen LogP contribution in [0.2, 0.25) is 0 Å². The first-order chi connectivity index (χ1) is 9.25. The lowest BCUT2D eigenvalue weighted by molar-refractivity contribution is 0.0705. The van der Waals surface area contributed by atoms with Crippen molar-refractivity contribution in [3.8, 4) is 0 Å². The molecule has 5 heteroatoms. The van der Waals surface area contributed by atoms with Crippen molar-refractivity contribution in [2.24, 2.45) is 5.92 Å². The molecule has 3 rings (SSSR count). The largest absolute Gasteiger partial charge is 0.420 e. The number of aromatic nitrogens is 2. The van der Waals surface area contributed by atoms with Crippen LogP contribution in [0.3, 0.4) is 0 Å². The monoisotopic (exact) mass is 278 g/mol. The summed E-state index contributed by atoms with van der Waals surface area (Å²) in [5.41, 5.74) is 0.944. The third kappa shape index (κ3) is 2.51. The molecule has 0 aliphatic carbocycles. The van der Waals surface area contributed by atoms with Gasteiger partial charge in [-0.1, -0.05) is 37.3 Å². The van der Waals surface area contributed by atoms with E-state index in [-0.39, 0.29) is 6.10 Å². The van der Waals surface area contributed by atoms with Gasteiger partial charge in [-0.25, -0.2) is 0 Å². The van der Waals surface area contributed by atoms with Crippen LogP contribution in [-0.4, -0.2) is 16.8 Å². The lowest BCUT2D eigenvalue weighted by Gasteiger charge is -2.09. The molecular formula is C14H15ClN2O2. The van der Waals surface area contributed by atoms with Crippen LogP contribution in [0.1, 0.15) is 42.2 Å². The van der Waals surface area contributed by atoms with Crippen LogP contribution in [0.25, 0.3) is 0 Å². The number of benzene rings is 1. The van der Waals surface area contributed by atoms with Crippen LogP contribution in [0.5, 0.6) is 0 Å². The zero-order valence-corrected chi connectivity index (χ0v) is 11.4. The molecule has 1 aromatic carbocycles. The number of nitrogens with zero attached hydrogens (tertiary/aromatic N) is 2. The van der Waals surface area contributed by atoms with Gasteiger partial charge in [-0.15, -0.1) is 21.8 Å². The topological polar surface area (TPSA) is 48.2 Å². The third-order valence-electron chi connectivity index (χ3n) is 3.40. The number of hydrogen-bond acceptors (Lipinski definition) is 4. The predicted octanol–water partition coefficient (Wildman–Crippen LogP) is 3.50. The van der Waals surface area contributed by atoms with Crippen molar-refractivity contribution in [2.75, 3.05) is 6.61 Å². The van der Waals surface area contributed by atoms with E-state index in [9.17, 15) is 0 Å². The summed E-state index contributed by atoms with van der Waals surface area (Å²) in [4.78, 5) is 0. The van der Waals surface area contributed by atoms with Crippen LogP contribution in [0, 0.1) is 5.92 Å². The molecule has 2 aromatic rings. The molecule has 0 radical (unpaired) electrons. The van der Waals surface area contributed by atoms with Crippen molar-refractivity contribution >= 4 is 11.6 Å². The molecule has 4 nitrogen and oxygen atoms in total. The maximum atomic E-state index is 6.35. The van der Waals surface area contributed by atoms with Crippen molar-refractivity contribution in [2.45, 2.75) is 24.8 Å². The van der Waals surface area contributed by atoms with Crippen LogP contribution in [-0.2, 0) is 4.74 Å². The van der Waals surface area contributed by atoms with Crippen molar-refractivity contribution in [1.82, 2.24) is 10.2 Å². The van der Waals surface area contributed by atoms with E-state index in [1.165, 1.54) is 0 Å². The molecule has 1 aliphatic heterocycles. The molecule has 0 amide bonds. The molecule has 1 saturated heterocycles. The van der Waals surface area contributed by atoms with Gasteiger partial charge in [0.15, 0.2) is 0 Å². The minimum absolute atomic E-state index is 0.0964. The Morgan fingerprint density at radius 1 is 1.26 bits per heavy atom. The maximum Gasteiger partial charge on any atom is 0.245 e. The molecular weight excluding hydrogens is 264 g/mol. The van der Waals surface area contributed by atoms with E-state index in [4.69, 9.17) is 20.8 Å². The van der Waals surface area contributed by atoms with Crippen LogP contribution in [0.15, 0.2) is 34.7 Å². The van der Waals surface area contributed by atoms with E-state index < -0.39 is 5.38 Å². The van der Waals surface area contributed by atoms with Crippen molar-refractivity contribution in [1.29, 1.82) is 0 Å². The number of rotatable bonds is 3. The highest BCUT2D eigenvalue weighted by Crippen LogP contribution is 2.35. The van der Waals surface area contributed by atoms with E-state index in [2.05, 4.69) is 17.1 Å². The first-order valence-electron chi connectivity index (χ1n) is 6.39. The van der Waals surface area contributed by atoms with E-state index in [0.29, 0.717) is 17.7 Å². The van der Waals surface area contributed by atoms with Gasteiger partial charge in [0.1, 0.15) is 11.5 Å². The fourth-order valence-electron chi connectivity index (χ4n) is 2.24. The van der Waals surface area contributed by atoms with Gasteiger partial charge in [0.2, 0.25) is 11.8 Å². The maximum absolute atomic E-state index is 6.35. The highest BCUT2D eigenvalue weighted by molar-refractivity contribution is 6.22. The Balaban J connectivity index is 1.81. The molecule has 0 spiro atoms. The molecule has 0 saturated carbocycles. The first-order valence-corrected chi connectivity index (χ1v) is 6.83. The molecule has 3 unspecified atom stereocenters. The zero-order chi connectivity index (χ0) is 13.2. The third-order valence-corrected chi connectivity index (χ3v) is 3.83. The molecule has 2 heterocycles. The summed E-state index contributed by atoms with van der Waals surface area (Å²) in [5.74, 6) is 1.35. The van der Waals surface area contributed by atoms with Gasteiger partial charge in [-0.05, 0) is 17.9 Å². The summed E-state index contributed by atoms with van der Waals surface area (Å²) in [6.07, 6.45) is 0.923. The molecule has 0 bridgehead atoms. The van der Waals surface area contributed by atoms with Crippen molar-refractivity contribution in [3.63, 3.8) is 0 Å². The highest BCUT2D eigenvalue weighted by Gasteiger charge is 2.31. The minimum atomic E-state index is -0.417.